The molecule has 7 heteroatoms. The summed E-state index contributed by atoms with van der Waals surface area (Å²) in [7, 11) is 0. The number of ether oxygens (including phenoxy) is 1. The molecule has 0 radical (unpaired) electrons. The van der Waals surface area contributed by atoms with Crippen LogP contribution in [0.3, 0.4) is 0 Å². The first-order valence-corrected chi connectivity index (χ1v) is 5.46. The summed E-state index contributed by atoms with van der Waals surface area (Å²) in [6.45, 7) is 6.74. The fraction of sp³-hybridized carbons (Fsp3) is 0.700. The van der Waals surface area contributed by atoms with Gasteiger partial charge in [-0.3, -0.25) is 0 Å². The van der Waals surface area contributed by atoms with Crippen molar-refractivity contribution < 1.29 is 9.84 Å². The van der Waals surface area contributed by atoms with Gasteiger partial charge in [-0.1, -0.05) is 13.8 Å². The van der Waals surface area contributed by atoms with E-state index in [9.17, 15) is 0 Å². The molecule has 0 saturated heterocycles. The topological polar surface area (TPSA) is 106 Å². The van der Waals surface area contributed by atoms with E-state index in [1.54, 1.807) is 0 Å². The third kappa shape index (κ3) is 4.39. The van der Waals surface area contributed by atoms with Crippen LogP contribution >= 0.6 is 0 Å². The summed E-state index contributed by atoms with van der Waals surface area (Å²) in [4.78, 5) is 11.8. The standard InChI is InChI=1S/C10H19N5O2/c1-4-17-9-14-7(11)13-8(15-9)12-5-10(2,3)6-16/h16H,4-6H2,1-3H3,(H3,11,12,13,14,15). The molecule has 0 aliphatic carbocycles. The van der Waals surface area contributed by atoms with Crippen LogP contribution < -0.4 is 15.8 Å². The first-order valence-electron chi connectivity index (χ1n) is 5.46. The second-order valence-corrected chi connectivity index (χ2v) is 4.41. The highest BCUT2D eigenvalue weighted by Gasteiger charge is 2.17. The summed E-state index contributed by atoms with van der Waals surface area (Å²) >= 11 is 0. The molecule has 0 saturated carbocycles. The van der Waals surface area contributed by atoms with Crippen LogP contribution in [0, 0.1) is 5.41 Å². The Morgan fingerprint density at radius 1 is 1.35 bits per heavy atom. The zero-order valence-electron chi connectivity index (χ0n) is 10.4. The maximum Gasteiger partial charge on any atom is 0.323 e. The summed E-state index contributed by atoms with van der Waals surface area (Å²) in [6, 6.07) is 0.198. The second-order valence-electron chi connectivity index (χ2n) is 4.41. The molecular weight excluding hydrogens is 222 g/mol. The van der Waals surface area contributed by atoms with E-state index in [0.717, 1.165) is 0 Å². The molecule has 0 spiro atoms. The summed E-state index contributed by atoms with van der Waals surface area (Å²) in [5, 5.41) is 12.1. The van der Waals surface area contributed by atoms with Crippen LogP contribution in [0.2, 0.25) is 0 Å². The lowest BCUT2D eigenvalue weighted by Gasteiger charge is -2.21. The molecule has 0 fully saturated rings. The molecule has 4 N–H and O–H groups in total. The van der Waals surface area contributed by atoms with Gasteiger partial charge in [0.2, 0.25) is 11.9 Å². The Morgan fingerprint density at radius 2 is 2.06 bits per heavy atom. The quantitative estimate of drug-likeness (QED) is 0.656. The van der Waals surface area contributed by atoms with E-state index < -0.39 is 0 Å². The first-order chi connectivity index (χ1) is 7.96. The molecule has 0 amide bonds. The molecule has 0 aliphatic rings. The fourth-order valence-electron chi connectivity index (χ4n) is 1.02. The molecule has 1 heterocycles. The van der Waals surface area contributed by atoms with Crippen molar-refractivity contribution in [3.8, 4) is 6.01 Å². The van der Waals surface area contributed by atoms with Crippen LogP contribution in [0.4, 0.5) is 11.9 Å². The van der Waals surface area contributed by atoms with Crippen molar-refractivity contribution in [1.29, 1.82) is 0 Å². The minimum atomic E-state index is -0.257. The number of nitrogen functional groups attached to an aromatic ring is 1. The van der Waals surface area contributed by atoms with Crippen LogP contribution in [0.25, 0.3) is 0 Å². The van der Waals surface area contributed by atoms with Gasteiger partial charge in [0, 0.05) is 18.6 Å². The number of aromatic nitrogens is 3. The van der Waals surface area contributed by atoms with Crippen molar-refractivity contribution in [2.45, 2.75) is 20.8 Å². The van der Waals surface area contributed by atoms with Crippen LogP contribution in [0.15, 0.2) is 0 Å². The Labute approximate surface area is 100 Å². The smallest absolute Gasteiger partial charge is 0.323 e. The summed E-state index contributed by atoms with van der Waals surface area (Å²) < 4.78 is 5.15. The predicted octanol–water partition coefficient (Wildman–Crippen LogP) is 0.283. The maximum absolute atomic E-state index is 9.12. The highest BCUT2D eigenvalue weighted by molar-refractivity contribution is 5.32. The van der Waals surface area contributed by atoms with Crippen molar-refractivity contribution in [1.82, 2.24) is 15.0 Å². The van der Waals surface area contributed by atoms with Gasteiger partial charge in [-0.2, -0.15) is 15.0 Å². The van der Waals surface area contributed by atoms with E-state index in [1.807, 2.05) is 20.8 Å². The number of aliphatic hydroxyl groups excluding tert-OH is 1. The van der Waals surface area contributed by atoms with Crippen molar-refractivity contribution >= 4 is 11.9 Å². The molecule has 1 aromatic rings. The Hall–Kier alpha value is -1.63. The van der Waals surface area contributed by atoms with Gasteiger partial charge >= 0.3 is 6.01 Å². The van der Waals surface area contributed by atoms with Gasteiger partial charge in [0.15, 0.2) is 0 Å². The minimum Gasteiger partial charge on any atom is -0.464 e. The summed E-state index contributed by atoms with van der Waals surface area (Å²) in [5.74, 6) is 0.454. The number of nitrogens with two attached hydrogens (primary N) is 1. The van der Waals surface area contributed by atoms with E-state index in [2.05, 4.69) is 20.3 Å². The zero-order chi connectivity index (χ0) is 12.9. The summed E-state index contributed by atoms with van der Waals surface area (Å²) in [5.41, 5.74) is 5.27. The monoisotopic (exact) mass is 241 g/mol. The van der Waals surface area contributed by atoms with Crippen LogP contribution in [-0.4, -0.2) is 39.8 Å². The minimum absolute atomic E-state index is 0.0683. The number of aliphatic hydroxyl groups is 1. The average Bonchev–Trinajstić information content (AvgIpc) is 2.26. The average molecular weight is 241 g/mol. The SMILES string of the molecule is CCOc1nc(N)nc(NCC(C)(C)CO)n1. The van der Waals surface area contributed by atoms with Gasteiger partial charge in [0.05, 0.1) is 6.61 Å². The van der Waals surface area contributed by atoms with E-state index in [1.165, 1.54) is 0 Å². The van der Waals surface area contributed by atoms with Gasteiger partial charge in [-0.25, -0.2) is 0 Å². The molecule has 1 rings (SSSR count). The predicted molar refractivity (Wildman–Crippen MR) is 64.8 cm³/mol. The molecule has 0 bridgehead atoms. The fourth-order valence-corrected chi connectivity index (χ4v) is 1.02. The normalized spacial score (nSPS) is 11.3. The molecule has 0 aromatic carbocycles. The van der Waals surface area contributed by atoms with Crippen LogP contribution in [0.5, 0.6) is 6.01 Å². The Morgan fingerprint density at radius 3 is 2.65 bits per heavy atom. The number of nitrogens with one attached hydrogen (secondary N) is 1. The third-order valence-corrected chi connectivity index (χ3v) is 2.06. The van der Waals surface area contributed by atoms with Gasteiger partial charge in [0.1, 0.15) is 0 Å². The summed E-state index contributed by atoms with van der Waals surface area (Å²) in [6.07, 6.45) is 0. The van der Waals surface area contributed by atoms with E-state index in [-0.39, 0.29) is 24.0 Å². The molecule has 0 atom stereocenters. The van der Waals surface area contributed by atoms with Crippen LogP contribution in [0.1, 0.15) is 20.8 Å². The number of nitrogens with zero attached hydrogens (tertiary/aromatic N) is 3. The lowest BCUT2D eigenvalue weighted by molar-refractivity contribution is 0.170. The third-order valence-electron chi connectivity index (χ3n) is 2.06. The lowest BCUT2D eigenvalue weighted by Crippen LogP contribution is -2.27. The highest BCUT2D eigenvalue weighted by Crippen LogP contribution is 2.15. The Balaban J connectivity index is 2.70. The lowest BCUT2D eigenvalue weighted by atomic mass is 9.95. The maximum atomic E-state index is 9.12. The number of hydrogen-bond donors (Lipinski definition) is 3. The van der Waals surface area contributed by atoms with Crippen molar-refractivity contribution in [2.24, 2.45) is 5.41 Å². The van der Waals surface area contributed by atoms with Crippen molar-refractivity contribution in [2.75, 3.05) is 30.8 Å². The molecular formula is C10H19N5O2. The molecule has 0 unspecified atom stereocenters. The molecule has 7 nitrogen and oxygen atoms in total. The van der Waals surface area contributed by atoms with Crippen LogP contribution in [-0.2, 0) is 0 Å². The van der Waals surface area contributed by atoms with E-state index in [0.29, 0.717) is 19.1 Å². The number of hydrogen-bond acceptors (Lipinski definition) is 7. The Kier molecular flexibility index (Phi) is 4.45. The largest absolute Gasteiger partial charge is 0.464 e. The second kappa shape index (κ2) is 5.62. The zero-order valence-corrected chi connectivity index (χ0v) is 10.4. The molecule has 96 valence electrons. The Bertz CT molecular complexity index is 370. The van der Waals surface area contributed by atoms with Gasteiger partial charge in [-0.15, -0.1) is 0 Å². The van der Waals surface area contributed by atoms with E-state index >= 15 is 0 Å². The highest BCUT2D eigenvalue weighted by atomic mass is 16.5. The molecule has 1 aromatic heterocycles. The van der Waals surface area contributed by atoms with Gasteiger partial charge in [-0.05, 0) is 6.92 Å². The van der Waals surface area contributed by atoms with E-state index in [4.69, 9.17) is 15.6 Å². The van der Waals surface area contributed by atoms with Crippen molar-refractivity contribution in [3.05, 3.63) is 0 Å². The molecule has 17 heavy (non-hydrogen) atoms. The number of anilines is 2. The van der Waals surface area contributed by atoms with Crippen molar-refractivity contribution in [3.63, 3.8) is 0 Å². The number of rotatable bonds is 6. The molecule has 0 aliphatic heterocycles. The van der Waals surface area contributed by atoms with Gasteiger partial charge in [0.25, 0.3) is 0 Å². The first kappa shape index (κ1) is 13.4. The van der Waals surface area contributed by atoms with Gasteiger partial charge < -0.3 is 20.9 Å².